The molecule has 0 bridgehead atoms. The fourth-order valence-corrected chi connectivity index (χ4v) is 3.25. The fraction of sp³-hybridized carbons (Fsp3) is 0.571. The average molecular weight is 349 g/mol. The molecule has 23 heavy (non-hydrogen) atoms. The summed E-state index contributed by atoms with van der Waals surface area (Å²) in [6.45, 7) is -2.09. The quantitative estimate of drug-likeness (QED) is 0.788. The maximum absolute atomic E-state index is 12.3. The largest absolute Gasteiger partial charge is 0.481 e. The van der Waals surface area contributed by atoms with Crippen LogP contribution in [0.4, 0.5) is 8.78 Å². The summed E-state index contributed by atoms with van der Waals surface area (Å²) in [4.78, 5) is 23.5. The van der Waals surface area contributed by atoms with E-state index in [-0.39, 0.29) is 23.1 Å². The third kappa shape index (κ3) is 4.87. The summed E-state index contributed by atoms with van der Waals surface area (Å²) < 4.78 is 34.0. The average Bonchev–Trinajstić information content (AvgIpc) is 2.95. The molecule has 1 aliphatic heterocycles. The van der Waals surface area contributed by atoms with Crippen LogP contribution in [0.3, 0.4) is 0 Å². The van der Waals surface area contributed by atoms with Gasteiger partial charge in [-0.1, -0.05) is 0 Å². The van der Waals surface area contributed by atoms with Crippen LogP contribution in [0.2, 0.25) is 0 Å². The van der Waals surface area contributed by atoms with E-state index in [1.165, 1.54) is 11.4 Å². The Balaban J connectivity index is 1.96. The van der Waals surface area contributed by atoms with Gasteiger partial charge < -0.3 is 19.9 Å². The van der Waals surface area contributed by atoms with Gasteiger partial charge in [-0.05, 0) is 30.2 Å². The Morgan fingerprint density at radius 3 is 2.74 bits per heavy atom. The molecule has 1 aromatic heterocycles. The monoisotopic (exact) mass is 349 g/mol. The maximum Gasteiger partial charge on any atom is 0.387 e. The Hall–Kier alpha value is -1.74. The summed E-state index contributed by atoms with van der Waals surface area (Å²) in [5.41, 5.74) is 0. The van der Waals surface area contributed by atoms with Crippen LogP contribution in [0, 0.1) is 11.8 Å². The van der Waals surface area contributed by atoms with Crippen LogP contribution in [0.1, 0.15) is 22.5 Å². The first-order valence-electron chi connectivity index (χ1n) is 7.10. The second-order valence-corrected chi connectivity index (χ2v) is 6.01. The van der Waals surface area contributed by atoms with E-state index in [4.69, 9.17) is 4.74 Å². The van der Waals surface area contributed by atoms with E-state index >= 15 is 0 Å². The van der Waals surface area contributed by atoms with Gasteiger partial charge >= 0.3 is 12.6 Å². The predicted molar refractivity (Wildman–Crippen MR) is 78.0 cm³/mol. The van der Waals surface area contributed by atoms with Crippen LogP contribution in [-0.4, -0.2) is 43.4 Å². The normalized spacial score (nSPS) is 17.0. The molecule has 6 nitrogen and oxygen atoms in total. The van der Waals surface area contributed by atoms with E-state index in [0.717, 1.165) is 11.3 Å². The Bertz CT molecular complexity index is 545. The molecule has 2 N–H and O–H groups in total. The molecule has 0 radical (unpaired) electrons. The molecule has 2 rings (SSSR count). The highest BCUT2D eigenvalue weighted by atomic mass is 32.1. The van der Waals surface area contributed by atoms with E-state index in [1.807, 2.05) is 0 Å². The van der Waals surface area contributed by atoms with Gasteiger partial charge in [-0.25, -0.2) is 0 Å². The smallest absolute Gasteiger partial charge is 0.387 e. The van der Waals surface area contributed by atoms with Crippen molar-refractivity contribution in [1.29, 1.82) is 0 Å². The van der Waals surface area contributed by atoms with E-state index in [9.17, 15) is 23.5 Å². The van der Waals surface area contributed by atoms with E-state index < -0.39 is 24.4 Å². The Morgan fingerprint density at radius 1 is 1.43 bits per heavy atom. The summed E-state index contributed by atoms with van der Waals surface area (Å²) in [6.07, 6.45) is 1.23. The van der Waals surface area contributed by atoms with Crippen LogP contribution < -0.4 is 10.1 Å². The Kier molecular flexibility index (Phi) is 6.28. The minimum absolute atomic E-state index is 0.00131. The topological polar surface area (TPSA) is 84.9 Å². The lowest BCUT2D eigenvalue weighted by molar-refractivity contribution is -0.144. The van der Waals surface area contributed by atoms with Gasteiger partial charge in [0, 0.05) is 19.8 Å². The molecule has 1 atom stereocenters. The third-order valence-corrected chi connectivity index (χ3v) is 4.58. The van der Waals surface area contributed by atoms with E-state index in [1.54, 1.807) is 0 Å². The van der Waals surface area contributed by atoms with Gasteiger partial charge in [0.25, 0.3) is 5.91 Å². The van der Waals surface area contributed by atoms with Gasteiger partial charge in [-0.15, -0.1) is 11.3 Å². The molecule has 128 valence electrons. The summed E-state index contributed by atoms with van der Waals surface area (Å²) >= 11 is 0.957. The minimum atomic E-state index is -3.02. The second kappa shape index (κ2) is 8.21. The van der Waals surface area contributed by atoms with Crippen molar-refractivity contribution >= 4 is 23.2 Å². The van der Waals surface area contributed by atoms with Gasteiger partial charge in [-0.3, -0.25) is 9.59 Å². The number of aliphatic carboxylic acids is 1. The lowest BCUT2D eigenvalue weighted by Gasteiger charge is -2.27. The van der Waals surface area contributed by atoms with Gasteiger partial charge in [0.15, 0.2) is 0 Å². The zero-order valence-electron chi connectivity index (χ0n) is 12.2. The number of amides is 1. The molecule has 1 aromatic rings. The highest BCUT2D eigenvalue weighted by molar-refractivity contribution is 7.12. The first-order chi connectivity index (χ1) is 11.0. The van der Waals surface area contributed by atoms with Crippen molar-refractivity contribution in [2.75, 3.05) is 19.8 Å². The molecule has 1 saturated heterocycles. The number of hydrogen-bond donors (Lipinski definition) is 2. The third-order valence-electron chi connectivity index (χ3n) is 3.69. The molecular formula is C14H17F2NO5S. The van der Waals surface area contributed by atoms with Crippen molar-refractivity contribution < 1.29 is 33.0 Å². The van der Waals surface area contributed by atoms with Gasteiger partial charge in [0.2, 0.25) is 0 Å². The second-order valence-electron chi connectivity index (χ2n) is 5.10. The number of carbonyl (C=O) groups is 2. The van der Waals surface area contributed by atoms with E-state index in [0.29, 0.717) is 26.1 Å². The fourth-order valence-electron chi connectivity index (χ4n) is 2.51. The molecular weight excluding hydrogens is 332 g/mol. The number of alkyl halides is 2. The van der Waals surface area contributed by atoms with Crippen LogP contribution in [0.25, 0.3) is 0 Å². The first-order valence-corrected chi connectivity index (χ1v) is 7.98. The van der Waals surface area contributed by atoms with Crippen molar-refractivity contribution in [3.8, 4) is 5.75 Å². The van der Waals surface area contributed by atoms with Crippen LogP contribution in [-0.2, 0) is 9.53 Å². The number of carbonyl (C=O) groups excluding carboxylic acids is 1. The summed E-state index contributed by atoms with van der Waals surface area (Å²) in [5, 5.41) is 13.3. The number of carboxylic acids is 1. The summed E-state index contributed by atoms with van der Waals surface area (Å²) in [5.74, 6) is -2.63. The zero-order chi connectivity index (χ0) is 16.8. The molecule has 1 fully saturated rings. The molecule has 0 spiro atoms. The minimum Gasteiger partial charge on any atom is -0.481 e. The predicted octanol–water partition coefficient (Wildman–Crippen LogP) is 2.21. The van der Waals surface area contributed by atoms with Crippen molar-refractivity contribution in [1.82, 2.24) is 5.32 Å². The first kappa shape index (κ1) is 17.6. The summed E-state index contributed by atoms with van der Waals surface area (Å²) in [7, 11) is 0. The molecule has 1 aliphatic rings. The van der Waals surface area contributed by atoms with Crippen LogP contribution in [0.15, 0.2) is 11.4 Å². The number of hydrogen-bond acceptors (Lipinski definition) is 5. The van der Waals surface area contributed by atoms with Crippen molar-refractivity contribution in [3.05, 3.63) is 16.3 Å². The number of carboxylic acid groups (broad SMARTS) is 1. The highest BCUT2D eigenvalue weighted by Crippen LogP contribution is 2.27. The molecule has 9 heteroatoms. The zero-order valence-corrected chi connectivity index (χ0v) is 13.0. The maximum atomic E-state index is 12.3. The van der Waals surface area contributed by atoms with Crippen LogP contribution in [0.5, 0.6) is 5.75 Å². The molecule has 2 heterocycles. The standard InChI is InChI=1S/C14H17F2NO5S/c15-14(16)22-10-3-6-23-11(10)12(18)17-7-9(13(19)20)8-1-4-21-5-2-8/h3,6,8-9,14H,1-2,4-5,7H2,(H,17,18)(H,19,20). The van der Waals surface area contributed by atoms with E-state index in [2.05, 4.69) is 10.1 Å². The molecule has 1 amide bonds. The summed E-state index contributed by atoms with van der Waals surface area (Å²) in [6, 6.07) is 1.28. The molecule has 1 unspecified atom stereocenters. The van der Waals surface area contributed by atoms with Gasteiger partial charge in [-0.2, -0.15) is 8.78 Å². The number of halogens is 2. The number of nitrogens with one attached hydrogen (secondary N) is 1. The van der Waals surface area contributed by atoms with Gasteiger partial charge in [0.1, 0.15) is 10.6 Å². The SMILES string of the molecule is O=C(NCC(C(=O)O)C1CCOCC1)c1sccc1OC(F)F. The molecule has 0 saturated carbocycles. The Labute approximate surface area is 135 Å². The van der Waals surface area contributed by atoms with Crippen molar-refractivity contribution in [2.45, 2.75) is 19.5 Å². The van der Waals surface area contributed by atoms with Gasteiger partial charge in [0.05, 0.1) is 5.92 Å². The molecule has 0 aromatic carbocycles. The highest BCUT2D eigenvalue weighted by Gasteiger charge is 2.30. The number of rotatable bonds is 7. The lowest BCUT2D eigenvalue weighted by Crippen LogP contribution is -2.38. The number of thiophene rings is 1. The van der Waals surface area contributed by atoms with Crippen molar-refractivity contribution in [3.63, 3.8) is 0 Å². The van der Waals surface area contributed by atoms with Crippen molar-refractivity contribution in [2.24, 2.45) is 11.8 Å². The van der Waals surface area contributed by atoms with Crippen LogP contribution >= 0.6 is 11.3 Å². The lowest BCUT2D eigenvalue weighted by atomic mass is 9.86. The number of ether oxygens (including phenoxy) is 2. The molecule has 0 aliphatic carbocycles. The Morgan fingerprint density at radius 2 is 2.13 bits per heavy atom.